The molecule has 5 aromatic rings. The molecule has 3 aromatic heterocycles. The SMILES string of the molecule is Cc1nc2nc([C@H]3CCO[C@H](c4cnn(Cc5ccccc5)c4)C3)nc(-c3ccc(F)cc3F)c2nc1C. The summed E-state index contributed by atoms with van der Waals surface area (Å²) >= 11 is 0. The lowest BCUT2D eigenvalue weighted by Gasteiger charge is -2.28. The van der Waals surface area contributed by atoms with Crippen molar-refractivity contribution in [3.05, 3.63) is 101 Å². The van der Waals surface area contributed by atoms with Crippen molar-refractivity contribution < 1.29 is 13.5 Å². The second-order valence-electron chi connectivity index (χ2n) is 9.66. The van der Waals surface area contributed by atoms with Crippen molar-refractivity contribution in [1.29, 1.82) is 0 Å². The molecule has 0 bridgehead atoms. The molecule has 2 atom stereocenters. The van der Waals surface area contributed by atoms with Gasteiger partial charge < -0.3 is 4.74 Å². The number of benzene rings is 2. The van der Waals surface area contributed by atoms with Crippen LogP contribution in [-0.2, 0) is 11.3 Å². The molecule has 0 radical (unpaired) electrons. The maximum absolute atomic E-state index is 14.9. The Morgan fingerprint density at radius 3 is 2.61 bits per heavy atom. The smallest absolute Gasteiger partial charge is 0.182 e. The summed E-state index contributed by atoms with van der Waals surface area (Å²) in [5.74, 6) is -0.838. The van der Waals surface area contributed by atoms with Crippen LogP contribution in [0.15, 0.2) is 60.9 Å². The first-order valence-corrected chi connectivity index (χ1v) is 12.6. The molecule has 9 heteroatoms. The van der Waals surface area contributed by atoms with Crippen LogP contribution in [0.1, 0.15) is 53.2 Å². The summed E-state index contributed by atoms with van der Waals surface area (Å²) in [5, 5.41) is 4.53. The largest absolute Gasteiger partial charge is 0.373 e. The molecule has 38 heavy (non-hydrogen) atoms. The van der Waals surface area contributed by atoms with Gasteiger partial charge in [-0.2, -0.15) is 5.10 Å². The molecule has 1 aliphatic rings. The predicted octanol–water partition coefficient (Wildman–Crippen LogP) is 5.86. The average molecular weight is 513 g/mol. The fourth-order valence-electron chi connectivity index (χ4n) is 4.85. The summed E-state index contributed by atoms with van der Waals surface area (Å²) < 4.78 is 36.6. The van der Waals surface area contributed by atoms with E-state index in [0.717, 1.165) is 17.3 Å². The highest BCUT2D eigenvalue weighted by molar-refractivity contribution is 5.87. The second kappa shape index (κ2) is 9.98. The number of hydrogen-bond acceptors (Lipinski definition) is 6. The minimum Gasteiger partial charge on any atom is -0.373 e. The van der Waals surface area contributed by atoms with Gasteiger partial charge in [-0.15, -0.1) is 0 Å². The standard InChI is InChI=1S/C29H26F2N6O/c1-17-18(2)34-29-27(33-17)26(23-9-8-22(30)13-24(23)31)35-28(36-29)20-10-11-38-25(12-20)21-14-32-37(16-21)15-19-6-4-3-5-7-19/h3-9,13-14,16,20,25H,10-12,15H2,1-2H3/t20-,25-/m0/s1. The van der Waals surface area contributed by atoms with E-state index in [-0.39, 0.29) is 17.6 Å². The van der Waals surface area contributed by atoms with Crippen LogP contribution >= 0.6 is 0 Å². The highest BCUT2D eigenvalue weighted by Gasteiger charge is 2.29. The third-order valence-corrected chi connectivity index (χ3v) is 7.01. The second-order valence-corrected chi connectivity index (χ2v) is 9.66. The van der Waals surface area contributed by atoms with Gasteiger partial charge in [0, 0.05) is 35.9 Å². The lowest BCUT2D eigenvalue weighted by atomic mass is 9.92. The summed E-state index contributed by atoms with van der Waals surface area (Å²) in [6.07, 6.45) is 5.04. The molecule has 6 rings (SSSR count). The van der Waals surface area contributed by atoms with Gasteiger partial charge in [0.15, 0.2) is 5.65 Å². The molecule has 0 aliphatic carbocycles. The van der Waals surface area contributed by atoms with Crippen molar-refractivity contribution >= 4 is 11.2 Å². The minimum atomic E-state index is -0.702. The molecule has 192 valence electrons. The van der Waals surface area contributed by atoms with Crippen LogP contribution < -0.4 is 0 Å². The number of rotatable bonds is 5. The van der Waals surface area contributed by atoms with Gasteiger partial charge in [-0.25, -0.2) is 28.7 Å². The Bertz CT molecular complexity index is 1620. The van der Waals surface area contributed by atoms with E-state index in [1.165, 1.54) is 17.7 Å². The molecule has 1 fully saturated rings. The summed E-state index contributed by atoms with van der Waals surface area (Å²) in [6.45, 7) is 4.90. The number of ether oxygens (including phenoxy) is 1. The minimum absolute atomic E-state index is 0.0405. The van der Waals surface area contributed by atoms with Gasteiger partial charge in [-0.05, 0) is 44.4 Å². The number of aryl methyl sites for hydroxylation is 2. The predicted molar refractivity (Wildman–Crippen MR) is 138 cm³/mol. The quantitative estimate of drug-likeness (QED) is 0.293. The molecule has 0 spiro atoms. The van der Waals surface area contributed by atoms with E-state index in [0.29, 0.717) is 54.4 Å². The van der Waals surface area contributed by atoms with Gasteiger partial charge in [0.2, 0.25) is 0 Å². The zero-order valence-electron chi connectivity index (χ0n) is 21.1. The van der Waals surface area contributed by atoms with E-state index < -0.39 is 11.6 Å². The number of nitrogens with zero attached hydrogens (tertiary/aromatic N) is 6. The molecule has 0 saturated carbocycles. The number of aromatic nitrogens is 6. The molecule has 4 heterocycles. The highest BCUT2D eigenvalue weighted by atomic mass is 19.1. The van der Waals surface area contributed by atoms with Crippen LogP contribution in [0, 0.1) is 25.5 Å². The highest BCUT2D eigenvalue weighted by Crippen LogP contribution is 2.38. The van der Waals surface area contributed by atoms with E-state index in [2.05, 4.69) is 27.2 Å². The van der Waals surface area contributed by atoms with Crippen LogP contribution in [0.3, 0.4) is 0 Å². The Morgan fingerprint density at radius 2 is 1.79 bits per heavy atom. The summed E-state index contributed by atoms with van der Waals surface area (Å²) in [4.78, 5) is 18.8. The zero-order chi connectivity index (χ0) is 26.2. The van der Waals surface area contributed by atoms with E-state index >= 15 is 0 Å². The molecule has 0 amide bonds. The van der Waals surface area contributed by atoms with Gasteiger partial charge in [0.25, 0.3) is 0 Å². The Labute approximate surface area is 218 Å². The average Bonchev–Trinajstić information content (AvgIpc) is 3.38. The van der Waals surface area contributed by atoms with Crippen LogP contribution in [0.4, 0.5) is 8.78 Å². The molecule has 7 nitrogen and oxygen atoms in total. The lowest BCUT2D eigenvalue weighted by Crippen LogP contribution is -2.20. The fourth-order valence-corrected chi connectivity index (χ4v) is 4.85. The lowest BCUT2D eigenvalue weighted by molar-refractivity contribution is 0.00397. The summed E-state index contributed by atoms with van der Waals surface area (Å²) in [6, 6.07) is 13.6. The number of halogens is 2. The Morgan fingerprint density at radius 1 is 0.974 bits per heavy atom. The Hall–Kier alpha value is -4.11. The van der Waals surface area contributed by atoms with Gasteiger partial charge in [-0.1, -0.05) is 30.3 Å². The van der Waals surface area contributed by atoms with E-state index in [4.69, 9.17) is 14.7 Å². The summed E-state index contributed by atoms with van der Waals surface area (Å²) in [7, 11) is 0. The van der Waals surface area contributed by atoms with E-state index in [1.807, 2.05) is 49.1 Å². The number of fused-ring (bicyclic) bond motifs is 1. The molecular weight excluding hydrogens is 486 g/mol. The normalized spacial score (nSPS) is 17.7. The van der Waals surface area contributed by atoms with Gasteiger partial charge >= 0.3 is 0 Å². The van der Waals surface area contributed by atoms with Gasteiger partial charge in [-0.3, -0.25) is 4.68 Å². The first-order valence-electron chi connectivity index (χ1n) is 12.6. The third kappa shape index (κ3) is 4.77. The van der Waals surface area contributed by atoms with Gasteiger partial charge in [0.05, 0.1) is 30.2 Å². The van der Waals surface area contributed by atoms with Crippen molar-refractivity contribution in [3.63, 3.8) is 0 Å². The Balaban J connectivity index is 1.34. The first-order chi connectivity index (χ1) is 18.4. The van der Waals surface area contributed by atoms with Crippen LogP contribution in [-0.4, -0.2) is 36.3 Å². The molecule has 0 N–H and O–H groups in total. The van der Waals surface area contributed by atoms with Crippen LogP contribution in [0.25, 0.3) is 22.4 Å². The summed E-state index contributed by atoms with van der Waals surface area (Å²) in [5.41, 5.74) is 4.88. The van der Waals surface area contributed by atoms with Crippen LogP contribution in [0.5, 0.6) is 0 Å². The topological polar surface area (TPSA) is 78.6 Å². The fraction of sp³-hybridized carbons (Fsp3) is 0.276. The van der Waals surface area contributed by atoms with Crippen molar-refractivity contribution in [2.24, 2.45) is 0 Å². The molecule has 1 saturated heterocycles. The van der Waals surface area contributed by atoms with Crippen LogP contribution in [0.2, 0.25) is 0 Å². The molecular formula is C29H26F2N6O. The third-order valence-electron chi connectivity index (χ3n) is 7.01. The maximum atomic E-state index is 14.9. The van der Waals surface area contributed by atoms with Crippen molar-refractivity contribution in [1.82, 2.24) is 29.7 Å². The first kappa shape index (κ1) is 24.2. The van der Waals surface area contributed by atoms with E-state index in [1.54, 1.807) is 0 Å². The number of hydrogen-bond donors (Lipinski definition) is 0. The monoisotopic (exact) mass is 512 g/mol. The van der Waals surface area contributed by atoms with Crippen molar-refractivity contribution in [3.8, 4) is 11.3 Å². The molecule has 2 aromatic carbocycles. The van der Waals surface area contributed by atoms with Gasteiger partial charge in [0.1, 0.15) is 28.7 Å². The molecule has 1 aliphatic heterocycles. The Kier molecular flexibility index (Phi) is 6.37. The van der Waals surface area contributed by atoms with E-state index in [9.17, 15) is 8.78 Å². The van der Waals surface area contributed by atoms with Crippen molar-refractivity contribution in [2.45, 2.75) is 45.3 Å². The maximum Gasteiger partial charge on any atom is 0.182 e. The zero-order valence-corrected chi connectivity index (χ0v) is 21.1. The van der Waals surface area contributed by atoms with Crippen molar-refractivity contribution in [2.75, 3.05) is 6.61 Å². The molecule has 0 unspecified atom stereocenters.